The molecule has 3 rings (SSSR count). The second kappa shape index (κ2) is 33.5. The number of phosphoric ester groups is 3. The van der Waals surface area contributed by atoms with Crippen molar-refractivity contribution < 1.29 is 80.5 Å². The van der Waals surface area contributed by atoms with Crippen molar-refractivity contribution in [3.8, 4) is 0 Å². The number of carbonyl (C=O) groups excluding carboxylic acids is 3. The van der Waals surface area contributed by atoms with E-state index in [1.165, 1.54) is 123 Å². The molecule has 0 radical (unpaired) electrons. The first kappa shape index (κ1) is 64.6. The molecule has 0 saturated carbocycles. The van der Waals surface area contributed by atoms with Gasteiger partial charge in [0.25, 0.3) is 0 Å². The topological polar surface area (TPSA) is 364 Å². The Morgan fingerprint density at radius 3 is 1.97 bits per heavy atom. The zero-order valence-corrected chi connectivity index (χ0v) is 45.9. The summed E-state index contributed by atoms with van der Waals surface area (Å²) in [5.74, 6) is -1.09. The van der Waals surface area contributed by atoms with Gasteiger partial charge in [-0.25, -0.2) is 28.6 Å². The minimum Gasteiger partial charge on any atom is -0.386 e. The predicted molar refractivity (Wildman–Crippen MR) is 274 cm³/mol. The van der Waals surface area contributed by atoms with Gasteiger partial charge in [0.1, 0.15) is 36.3 Å². The van der Waals surface area contributed by atoms with Gasteiger partial charge in [-0.2, -0.15) is 4.31 Å². The number of fused-ring (bicyclic) bond motifs is 1. The molecule has 2 aromatic heterocycles. The van der Waals surface area contributed by atoms with Gasteiger partial charge < -0.3 is 50.9 Å². The number of hydrogen-bond acceptors (Lipinski definition) is 18. The summed E-state index contributed by atoms with van der Waals surface area (Å²) in [5, 5.41) is 26.5. The zero-order chi connectivity index (χ0) is 53.9. The smallest absolute Gasteiger partial charge is 0.386 e. The number of aliphatic hydroxyl groups is 2. The molecule has 73 heavy (non-hydrogen) atoms. The van der Waals surface area contributed by atoms with Gasteiger partial charge in [0.05, 0.1) is 19.5 Å². The van der Waals surface area contributed by atoms with Crippen LogP contribution in [0, 0.1) is 5.41 Å². The van der Waals surface area contributed by atoms with Crippen LogP contribution in [0.2, 0.25) is 0 Å². The number of thioether (sulfide) groups is 1. The second-order valence-corrected chi connectivity index (χ2v) is 24.1. The van der Waals surface area contributed by atoms with Crippen LogP contribution in [0.15, 0.2) is 24.8 Å². The van der Waals surface area contributed by atoms with Gasteiger partial charge in [-0.05, 0) is 18.9 Å². The van der Waals surface area contributed by atoms with Gasteiger partial charge in [0, 0.05) is 30.7 Å². The number of allylic oxidation sites excluding steroid dienone is 1. The summed E-state index contributed by atoms with van der Waals surface area (Å²) in [7, 11) is -16.4. The summed E-state index contributed by atoms with van der Waals surface area (Å²) in [6.07, 6.45) is 22.5. The number of nitrogens with two attached hydrogens (primary N) is 1. The number of aromatic nitrogens is 4. The molecule has 418 valence electrons. The normalized spacial score (nSPS) is 19.5. The Morgan fingerprint density at radius 1 is 0.836 bits per heavy atom. The molecule has 7 atom stereocenters. The molecule has 2 aromatic rings. The number of phosphoric acid groups is 3. The molecule has 0 spiro atoms. The molecule has 0 aliphatic carbocycles. The molecule has 1 saturated heterocycles. The highest BCUT2D eigenvalue weighted by molar-refractivity contribution is 8.14. The van der Waals surface area contributed by atoms with Crippen molar-refractivity contribution in [1.29, 1.82) is 0 Å². The largest absolute Gasteiger partial charge is 0.481 e. The molecule has 1 aliphatic rings. The van der Waals surface area contributed by atoms with E-state index in [4.69, 9.17) is 19.5 Å². The minimum absolute atomic E-state index is 0.0330. The predicted octanol–water partition coefficient (Wildman–Crippen LogP) is 7.04. The third-order valence-electron chi connectivity index (χ3n) is 12.0. The van der Waals surface area contributed by atoms with Crippen LogP contribution < -0.4 is 16.4 Å². The minimum atomic E-state index is -5.58. The van der Waals surface area contributed by atoms with Crippen molar-refractivity contribution in [3.05, 3.63) is 24.8 Å². The molecular formula is C45H80N7O17P3S. The SMILES string of the molecule is CCCCCCCCCCCCCCCCCCCCC/C=C/C(=O)SCCNC(=O)CCNC(=O)C(O)C(C)(C)COP(=O)(O)OP(=O)(O)OCC1OC(n2cnc3c(N)ncnc32)C(O)C1OP(=O)(O)O. The maximum Gasteiger partial charge on any atom is 0.481 e. The summed E-state index contributed by atoms with van der Waals surface area (Å²) >= 11 is 1.07. The number of nitrogens with zero attached hydrogens (tertiary/aromatic N) is 4. The number of carbonyl (C=O) groups is 3. The van der Waals surface area contributed by atoms with Crippen LogP contribution in [-0.2, 0) is 50.7 Å². The molecule has 1 aliphatic heterocycles. The number of amides is 2. The van der Waals surface area contributed by atoms with E-state index < -0.39 is 84.6 Å². The first-order valence-electron chi connectivity index (χ1n) is 25.3. The van der Waals surface area contributed by atoms with Crippen molar-refractivity contribution >= 4 is 69.1 Å². The van der Waals surface area contributed by atoms with Crippen molar-refractivity contribution in [3.63, 3.8) is 0 Å². The van der Waals surface area contributed by atoms with Crippen molar-refractivity contribution in [1.82, 2.24) is 30.2 Å². The summed E-state index contributed by atoms with van der Waals surface area (Å²) in [5.41, 5.74) is 4.29. The van der Waals surface area contributed by atoms with Crippen molar-refractivity contribution in [2.75, 3.05) is 37.8 Å². The maximum atomic E-state index is 12.8. The molecule has 10 N–H and O–H groups in total. The number of aliphatic hydroxyl groups excluding tert-OH is 2. The number of anilines is 1. The van der Waals surface area contributed by atoms with E-state index >= 15 is 0 Å². The first-order chi connectivity index (χ1) is 34.6. The average molecular weight is 1120 g/mol. The number of ether oxygens (including phenoxy) is 1. The number of unbranched alkanes of at least 4 members (excludes halogenated alkanes) is 19. The average Bonchev–Trinajstić information content (AvgIpc) is 3.88. The molecule has 3 heterocycles. The van der Waals surface area contributed by atoms with Crippen LogP contribution in [0.4, 0.5) is 5.82 Å². The van der Waals surface area contributed by atoms with Gasteiger partial charge in [0.15, 0.2) is 17.7 Å². The highest BCUT2D eigenvalue weighted by atomic mass is 32.2. The fourth-order valence-electron chi connectivity index (χ4n) is 7.85. The first-order valence-corrected chi connectivity index (χ1v) is 30.8. The standard InChI is InChI=1S/C45H80N7O17P3S/c1-4-5-6-7-8-9-10-11-12-13-14-15-16-17-18-19-20-21-22-23-24-25-36(54)73-29-28-47-35(53)26-27-48-43(57)40(56)45(2,3)31-66-72(63,64)69-71(61,62)65-30-34-39(68-70(58,59)60)38(55)44(67-34)52-33-51-37-41(46)49-32-50-42(37)52/h24-25,32-34,38-40,44,55-56H,4-23,26-31H2,1-3H3,(H,47,53)(H,48,57)(H,61,62)(H,63,64)(H2,46,49,50)(H2,58,59,60)/b25-24+. The monoisotopic (exact) mass is 1120 g/mol. The van der Waals surface area contributed by atoms with E-state index in [9.17, 15) is 57.9 Å². The maximum absolute atomic E-state index is 12.8. The molecule has 24 nitrogen and oxygen atoms in total. The van der Waals surface area contributed by atoms with E-state index in [0.29, 0.717) is 5.75 Å². The molecule has 0 bridgehead atoms. The fraction of sp³-hybridized carbons (Fsp3) is 0.778. The van der Waals surface area contributed by atoms with Gasteiger partial charge in [-0.1, -0.05) is 154 Å². The second-order valence-electron chi connectivity index (χ2n) is 18.8. The lowest BCUT2D eigenvalue weighted by Gasteiger charge is -2.30. The van der Waals surface area contributed by atoms with Crippen LogP contribution in [0.3, 0.4) is 0 Å². The third kappa shape index (κ3) is 25.8. The highest BCUT2D eigenvalue weighted by Crippen LogP contribution is 2.61. The molecule has 2 amide bonds. The number of rotatable bonds is 40. The lowest BCUT2D eigenvalue weighted by atomic mass is 9.87. The van der Waals surface area contributed by atoms with Gasteiger partial charge in [0.2, 0.25) is 16.9 Å². The lowest BCUT2D eigenvalue weighted by Crippen LogP contribution is -2.46. The summed E-state index contributed by atoms with van der Waals surface area (Å²) in [4.78, 5) is 88.5. The van der Waals surface area contributed by atoms with Crippen LogP contribution in [0.5, 0.6) is 0 Å². The summed E-state index contributed by atoms with van der Waals surface area (Å²) in [6, 6.07) is 0. The lowest BCUT2D eigenvalue weighted by molar-refractivity contribution is -0.137. The van der Waals surface area contributed by atoms with E-state index in [1.54, 1.807) is 6.08 Å². The van der Waals surface area contributed by atoms with Crippen LogP contribution in [-0.4, -0.2) is 123 Å². The van der Waals surface area contributed by atoms with Gasteiger partial charge in [-0.15, -0.1) is 0 Å². The Kier molecular flexibility index (Phi) is 29.6. The number of nitrogens with one attached hydrogen (secondary N) is 2. The van der Waals surface area contributed by atoms with E-state index in [1.807, 2.05) is 6.08 Å². The van der Waals surface area contributed by atoms with Crippen LogP contribution in [0.25, 0.3) is 11.2 Å². The van der Waals surface area contributed by atoms with Crippen LogP contribution in [0.1, 0.15) is 162 Å². The Bertz CT molecular complexity index is 2150. The number of nitrogen functional groups attached to an aromatic ring is 1. The van der Waals surface area contributed by atoms with Crippen LogP contribution >= 0.6 is 35.2 Å². The molecular weight excluding hydrogens is 1040 g/mol. The third-order valence-corrected chi connectivity index (χ3v) is 15.9. The van der Waals surface area contributed by atoms with Crippen molar-refractivity contribution in [2.24, 2.45) is 5.41 Å². The van der Waals surface area contributed by atoms with E-state index in [2.05, 4.69) is 41.3 Å². The van der Waals surface area contributed by atoms with E-state index in [-0.39, 0.29) is 41.6 Å². The molecule has 28 heteroatoms. The number of hydrogen-bond donors (Lipinski definition) is 9. The summed E-state index contributed by atoms with van der Waals surface area (Å²) in [6.45, 7) is 2.79. The van der Waals surface area contributed by atoms with Crippen molar-refractivity contribution in [2.45, 2.75) is 186 Å². The molecule has 7 unspecified atom stereocenters. The molecule has 1 fully saturated rings. The van der Waals surface area contributed by atoms with Gasteiger partial charge >= 0.3 is 23.5 Å². The zero-order valence-electron chi connectivity index (χ0n) is 42.4. The molecule has 0 aromatic carbocycles. The number of imidazole rings is 1. The Balaban J connectivity index is 1.24. The Labute approximate surface area is 432 Å². The highest BCUT2D eigenvalue weighted by Gasteiger charge is 2.50. The quantitative estimate of drug-likeness (QED) is 0.0183. The fourth-order valence-corrected chi connectivity index (χ4v) is 11.3. The summed E-state index contributed by atoms with van der Waals surface area (Å²) < 4.78 is 62.5. The Hall–Kier alpha value is -2.70. The van der Waals surface area contributed by atoms with Gasteiger partial charge in [-0.3, -0.25) is 32.5 Å². The van der Waals surface area contributed by atoms with E-state index in [0.717, 1.165) is 48.2 Å². The Morgan fingerprint density at radius 2 is 1.40 bits per heavy atom.